The summed E-state index contributed by atoms with van der Waals surface area (Å²) in [6, 6.07) is 11.4. The van der Waals surface area contributed by atoms with Gasteiger partial charge in [0.05, 0.1) is 11.4 Å². The number of carbonyl (C=O) groups excluding carboxylic acids is 1. The van der Waals surface area contributed by atoms with Crippen molar-refractivity contribution in [3.8, 4) is 0 Å². The van der Waals surface area contributed by atoms with E-state index in [0.29, 0.717) is 10.7 Å². The highest BCUT2D eigenvalue weighted by atomic mass is 35.5. The Kier molecular flexibility index (Phi) is 3.07. The summed E-state index contributed by atoms with van der Waals surface area (Å²) in [4.78, 5) is 16.6. The van der Waals surface area contributed by atoms with Crippen molar-refractivity contribution in [3.63, 3.8) is 0 Å². The number of fused-ring (bicyclic) bond motifs is 1. The quantitative estimate of drug-likeness (QED) is 0.844. The van der Waals surface area contributed by atoms with Crippen LogP contribution in [-0.4, -0.2) is 11.6 Å². The maximum atomic E-state index is 12.1. The van der Waals surface area contributed by atoms with Gasteiger partial charge in [0.15, 0.2) is 0 Å². The molecule has 4 heteroatoms. The van der Waals surface area contributed by atoms with E-state index in [1.54, 1.807) is 6.07 Å². The number of benzene rings is 2. The molecule has 2 aromatic carbocycles. The highest BCUT2D eigenvalue weighted by molar-refractivity contribution is 6.54. The van der Waals surface area contributed by atoms with Crippen molar-refractivity contribution in [1.29, 1.82) is 0 Å². The number of nitrogens with zero attached hydrogens (tertiary/aromatic N) is 1. The molecule has 0 fully saturated rings. The third-order valence-corrected chi connectivity index (χ3v) is 3.86. The molecule has 0 atom stereocenters. The van der Waals surface area contributed by atoms with Crippen LogP contribution in [0.5, 0.6) is 0 Å². The van der Waals surface area contributed by atoms with Gasteiger partial charge >= 0.3 is 0 Å². The average Bonchev–Trinajstić information content (AvgIpc) is 2.74. The number of aryl methyl sites for hydroxylation is 1. The first-order valence-electron chi connectivity index (χ1n) is 6.33. The number of amides is 1. The number of rotatable bonds is 1. The standard InChI is InChI=1S/C16H13ClN2O/c1-9-5-3-4-6-13(9)18-15-11-7-8-12(17)10(2)14(11)19-16(15)20/h3-8H,1-2H3,(H,18,19,20). The fraction of sp³-hybridized carbons (Fsp3) is 0.125. The molecular weight excluding hydrogens is 272 g/mol. The van der Waals surface area contributed by atoms with Gasteiger partial charge in [-0.3, -0.25) is 4.79 Å². The van der Waals surface area contributed by atoms with E-state index in [0.717, 1.165) is 28.1 Å². The molecule has 0 aromatic heterocycles. The molecule has 100 valence electrons. The Hall–Kier alpha value is -2.13. The number of halogens is 1. The number of hydrogen-bond donors (Lipinski definition) is 1. The highest BCUT2D eigenvalue weighted by Gasteiger charge is 2.28. The van der Waals surface area contributed by atoms with Gasteiger partial charge in [-0.25, -0.2) is 4.99 Å². The molecule has 0 radical (unpaired) electrons. The van der Waals surface area contributed by atoms with Crippen molar-refractivity contribution in [2.45, 2.75) is 13.8 Å². The first-order valence-corrected chi connectivity index (χ1v) is 6.71. The molecule has 1 N–H and O–H groups in total. The Morgan fingerprint density at radius 1 is 1.10 bits per heavy atom. The maximum absolute atomic E-state index is 12.1. The van der Waals surface area contributed by atoms with Crippen LogP contribution in [0.25, 0.3) is 0 Å². The fourth-order valence-electron chi connectivity index (χ4n) is 2.26. The average molecular weight is 285 g/mol. The lowest BCUT2D eigenvalue weighted by atomic mass is 10.1. The summed E-state index contributed by atoms with van der Waals surface area (Å²) in [5.74, 6) is -0.186. The van der Waals surface area contributed by atoms with Gasteiger partial charge in [-0.05, 0) is 43.2 Å². The molecule has 3 nitrogen and oxygen atoms in total. The summed E-state index contributed by atoms with van der Waals surface area (Å²) in [7, 11) is 0. The Morgan fingerprint density at radius 3 is 2.60 bits per heavy atom. The van der Waals surface area contributed by atoms with Crippen molar-refractivity contribution >= 4 is 34.6 Å². The van der Waals surface area contributed by atoms with Crippen LogP contribution in [0, 0.1) is 13.8 Å². The minimum Gasteiger partial charge on any atom is -0.320 e. The van der Waals surface area contributed by atoms with E-state index in [4.69, 9.17) is 11.6 Å². The van der Waals surface area contributed by atoms with Gasteiger partial charge in [-0.1, -0.05) is 29.8 Å². The van der Waals surface area contributed by atoms with Crippen molar-refractivity contribution in [1.82, 2.24) is 0 Å². The minimum atomic E-state index is -0.186. The van der Waals surface area contributed by atoms with E-state index in [9.17, 15) is 4.79 Å². The van der Waals surface area contributed by atoms with Gasteiger partial charge in [-0.15, -0.1) is 0 Å². The van der Waals surface area contributed by atoms with Crippen LogP contribution in [0.4, 0.5) is 11.4 Å². The van der Waals surface area contributed by atoms with Gasteiger partial charge in [-0.2, -0.15) is 0 Å². The molecule has 20 heavy (non-hydrogen) atoms. The van der Waals surface area contributed by atoms with Crippen molar-refractivity contribution in [2.75, 3.05) is 5.32 Å². The lowest BCUT2D eigenvalue weighted by molar-refractivity contribution is -0.110. The van der Waals surface area contributed by atoms with Crippen LogP contribution in [0.3, 0.4) is 0 Å². The summed E-state index contributed by atoms with van der Waals surface area (Å²) < 4.78 is 0. The molecule has 1 aliphatic heterocycles. The van der Waals surface area contributed by atoms with E-state index in [2.05, 4.69) is 10.3 Å². The van der Waals surface area contributed by atoms with Crippen molar-refractivity contribution < 1.29 is 4.79 Å². The molecule has 2 aromatic rings. The SMILES string of the molecule is Cc1ccccc1N=C1C(=O)Nc2c1ccc(Cl)c2C. The number of hydrogen-bond acceptors (Lipinski definition) is 2. The molecule has 1 amide bonds. The van der Waals surface area contributed by atoms with Crippen molar-refractivity contribution in [3.05, 3.63) is 58.1 Å². The van der Waals surface area contributed by atoms with E-state index in [1.165, 1.54) is 0 Å². The van der Waals surface area contributed by atoms with E-state index in [-0.39, 0.29) is 5.91 Å². The van der Waals surface area contributed by atoms with E-state index >= 15 is 0 Å². The molecule has 0 saturated heterocycles. The zero-order valence-electron chi connectivity index (χ0n) is 11.2. The summed E-state index contributed by atoms with van der Waals surface area (Å²) in [6.45, 7) is 3.86. The van der Waals surface area contributed by atoms with Gasteiger partial charge in [0.25, 0.3) is 5.91 Å². The van der Waals surface area contributed by atoms with Crippen molar-refractivity contribution in [2.24, 2.45) is 4.99 Å². The predicted octanol–water partition coefficient (Wildman–Crippen LogP) is 4.03. The summed E-state index contributed by atoms with van der Waals surface area (Å²) >= 11 is 6.08. The topological polar surface area (TPSA) is 41.5 Å². The van der Waals surface area contributed by atoms with Crippen LogP contribution in [-0.2, 0) is 4.79 Å². The summed E-state index contributed by atoms with van der Waals surface area (Å²) in [6.07, 6.45) is 0. The molecule has 0 unspecified atom stereocenters. The van der Waals surface area contributed by atoms with Gasteiger partial charge < -0.3 is 5.32 Å². The molecule has 0 bridgehead atoms. The molecule has 0 spiro atoms. The predicted molar refractivity (Wildman–Crippen MR) is 82.2 cm³/mol. The van der Waals surface area contributed by atoms with Crippen LogP contribution in [0.2, 0.25) is 5.02 Å². The van der Waals surface area contributed by atoms with Crippen LogP contribution in [0.15, 0.2) is 41.4 Å². The van der Waals surface area contributed by atoms with Gasteiger partial charge in [0, 0.05) is 10.6 Å². The Labute approximate surface area is 122 Å². The number of anilines is 1. The second-order valence-electron chi connectivity index (χ2n) is 4.80. The first kappa shape index (κ1) is 12.9. The van der Waals surface area contributed by atoms with E-state index in [1.807, 2.05) is 44.2 Å². The van der Waals surface area contributed by atoms with Gasteiger partial charge in [0.1, 0.15) is 5.71 Å². The Balaban J connectivity index is 2.16. The normalized spacial score (nSPS) is 15.3. The summed E-state index contributed by atoms with van der Waals surface area (Å²) in [5.41, 5.74) is 4.71. The smallest absolute Gasteiger partial charge is 0.275 e. The molecule has 1 aliphatic rings. The lowest BCUT2D eigenvalue weighted by Gasteiger charge is -2.04. The van der Waals surface area contributed by atoms with Crippen LogP contribution >= 0.6 is 11.6 Å². The minimum absolute atomic E-state index is 0.186. The molecule has 0 saturated carbocycles. The summed E-state index contributed by atoms with van der Waals surface area (Å²) in [5, 5.41) is 3.48. The molecular formula is C16H13ClN2O. The Bertz CT molecular complexity index is 750. The largest absolute Gasteiger partial charge is 0.320 e. The highest BCUT2D eigenvalue weighted by Crippen LogP contribution is 2.33. The zero-order valence-corrected chi connectivity index (χ0v) is 12.0. The number of aliphatic imine (C=N–C) groups is 1. The molecule has 0 aliphatic carbocycles. The monoisotopic (exact) mass is 284 g/mol. The number of para-hydroxylation sites is 1. The molecule has 3 rings (SSSR count). The van der Waals surface area contributed by atoms with Gasteiger partial charge in [0.2, 0.25) is 0 Å². The second-order valence-corrected chi connectivity index (χ2v) is 5.20. The number of nitrogens with one attached hydrogen (secondary N) is 1. The maximum Gasteiger partial charge on any atom is 0.275 e. The zero-order chi connectivity index (χ0) is 14.3. The third-order valence-electron chi connectivity index (χ3n) is 3.46. The lowest BCUT2D eigenvalue weighted by Crippen LogP contribution is -2.14. The second kappa shape index (κ2) is 4.76. The van der Waals surface area contributed by atoms with E-state index < -0.39 is 0 Å². The Morgan fingerprint density at radius 2 is 1.85 bits per heavy atom. The first-order chi connectivity index (χ1) is 9.58. The third kappa shape index (κ3) is 2.00. The number of carbonyl (C=O) groups is 1. The molecule has 1 heterocycles. The fourth-order valence-corrected chi connectivity index (χ4v) is 2.42. The van der Waals surface area contributed by atoms with Crippen LogP contribution < -0.4 is 5.32 Å². The van der Waals surface area contributed by atoms with Crippen LogP contribution in [0.1, 0.15) is 16.7 Å².